The summed E-state index contributed by atoms with van der Waals surface area (Å²) in [5, 5.41) is 10.1. The number of nitrogens with zero attached hydrogens (tertiary/aromatic N) is 2. The van der Waals surface area contributed by atoms with Crippen molar-refractivity contribution in [1.29, 1.82) is 0 Å². The maximum atomic E-state index is 2.52. The molecular weight excluding hydrogens is 821 g/mol. The van der Waals surface area contributed by atoms with Gasteiger partial charge >= 0.3 is 0 Å². The Kier molecular flexibility index (Phi) is 7.53. The Bertz CT molecular complexity index is 4330. The second kappa shape index (κ2) is 13.6. The van der Waals surface area contributed by atoms with Crippen LogP contribution in [0.5, 0.6) is 0 Å². The highest BCUT2D eigenvalue weighted by Gasteiger charge is 2.48. The van der Waals surface area contributed by atoms with Crippen LogP contribution in [0.4, 0.5) is 0 Å². The van der Waals surface area contributed by atoms with E-state index in [4.69, 9.17) is 0 Å². The predicted octanol–water partition coefficient (Wildman–Crippen LogP) is 16.9. The zero-order valence-corrected chi connectivity index (χ0v) is 38.1. The molecule has 11 aromatic carbocycles. The number of hydrogen-bond donors (Lipinski definition) is 0. The Morgan fingerprint density at radius 2 is 0.809 bits per heavy atom. The summed E-state index contributed by atoms with van der Waals surface area (Å²) in [6, 6.07) is 81.5. The van der Waals surface area contributed by atoms with Crippen molar-refractivity contribution < 1.29 is 0 Å². The van der Waals surface area contributed by atoms with Crippen LogP contribution in [0.2, 0.25) is 0 Å². The van der Waals surface area contributed by atoms with Gasteiger partial charge in [0.1, 0.15) is 0 Å². The van der Waals surface area contributed by atoms with Gasteiger partial charge < -0.3 is 9.13 Å². The fourth-order valence-corrected chi connectivity index (χ4v) is 12.9. The minimum Gasteiger partial charge on any atom is -0.344 e. The summed E-state index contributed by atoms with van der Waals surface area (Å²) < 4.78 is 4.66. The summed E-state index contributed by atoms with van der Waals surface area (Å²) in [6.45, 7) is 2.19. The van der Waals surface area contributed by atoms with Gasteiger partial charge in [-0.05, 0) is 161 Å². The number of benzene rings is 11. The van der Waals surface area contributed by atoms with Crippen LogP contribution in [0.3, 0.4) is 0 Å². The Balaban J connectivity index is 1.13. The van der Waals surface area contributed by atoms with E-state index in [1.807, 2.05) is 0 Å². The van der Waals surface area contributed by atoms with Crippen LogP contribution in [0.15, 0.2) is 212 Å². The lowest BCUT2D eigenvalue weighted by Gasteiger charge is -2.35. The highest BCUT2D eigenvalue weighted by Crippen LogP contribution is 2.60. The van der Waals surface area contributed by atoms with E-state index in [-0.39, 0.29) is 0 Å². The van der Waals surface area contributed by atoms with Crippen LogP contribution < -0.4 is 0 Å². The van der Waals surface area contributed by atoms with Gasteiger partial charge in [-0.25, -0.2) is 0 Å². The van der Waals surface area contributed by atoms with Gasteiger partial charge in [0.2, 0.25) is 0 Å². The topological polar surface area (TPSA) is 9.86 Å². The van der Waals surface area contributed by atoms with Crippen molar-refractivity contribution in [2.75, 3.05) is 0 Å². The molecule has 2 heteroatoms. The number of hydrogen-bond acceptors (Lipinski definition) is 0. The first-order valence-electron chi connectivity index (χ1n) is 23.9. The SMILES string of the molecule is Cc1ccc([C@@]23c4ccc(cc4)-c4cc(-c5ccc6c(c5)c5ccccc5n6C)c5cc6c(-c7ccc8c(c7)c7ccccc7n8C)cccc6c(c5c4)-c4cccc(c42)-c2ccccc23)cc1. The molecule has 1 atom stereocenters. The number of para-hydroxylation sites is 2. The minimum atomic E-state index is -0.570. The predicted molar refractivity (Wildman–Crippen MR) is 287 cm³/mol. The highest BCUT2D eigenvalue weighted by molar-refractivity contribution is 6.22. The maximum absolute atomic E-state index is 2.52. The number of aromatic nitrogens is 2. The van der Waals surface area contributed by atoms with E-state index in [1.165, 1.54) is 149 Å². The molecule has 318 valence electrons. The summed E-state index contributed by atoms with van der Waals surface area (Å²) in [5.74, 6) is 0. The van der Waals surface area contributed by atoms with E-state index in [1.54, 1.807) is 0 Å². The molecule has 0 N–H and O–H groups in total. The first-order valence-corrected chi connectivity index (χ1v) is 23.9. The quantitative estimate of drug-likeness (QED) is 0.157. The molecule has 2 nitrogen and oxygen atoms in total. The van der Waals surface area contributed by atoms with Gasteiger partial charge in [0.25, 0.3) is 0 Å². The van der Waals surface area contributed by atoms with Gasteiger partial charge in [-0.15, -0.1) is 0 Å². The molecule has 0 aliphatic heterocycles. The summed E-state index contributed by atoms with van der Waals surface area (Å²) in [4.78, 5) is 0. The molecule has 0 spiro atoms. The van der Waals surface area contributed by atoms with Crippen molar-refractivity contribution in [3.8, 4) is 55.6 Å². The van der Waals surface area contributed by atoms with Crippen molar-refractivity contribution in [2.24, 2.45) is 14.1 Å². The lowest BCUT2D eigenvalue weighted by molar-refractivity contribution is 0.770. The van der Waals surface area contributed by atoms with Gasteiger partial charge in [0.05, 0.1) is 5.41 Å². The van der Waals surface area contributed by atoms with Crippen LogP contribution in [0.25, 0.3) is 121 Å². The van der Waals surface area contributed by atoms with Crippen molar-refractivity contribution in [2.45, 2.75) is 12.3 Å². The number of fused-ring (bicyclic) bond motifs is 11. The highest BCUT2D eigenvalue weighted by atomic mass is 14.9. The van der Waals surface area contributed by atoms with E-state index in [2.05, 4.69) is 242 Å². The van der Waals surface area contributed by atoms with Crippen LogP contribution in [-0.2, 0) is 19.5 Å². The molecule has 0 radical (unpaired) electrons. The first-order chi connectivity index (χ1) is 33.5. The molecule has 0 amide bonds. The van der Waals surface area contributed by atoms with Crippen LogP contribution in [0.1, 0.15) is 27.8 Å². The second-order valence-corrected chi connectivity index (χ2v) is 19.4. The van der Waals surface area contributed by atoms with E-state index in [0.29, 0.717) is 0 Å². The van der Waals surface area contributed by atoms with E-state index < -0.39 is 5.41 Å². The van der Waals surface area contributed by atoms with Crippen molar-refractivity contribution in [3.05, 3.63) is 240 Å². The van der Waals surface area contributed by atoms with E-state index >= 15 is 0 Å². The molecule has 2 aromatic heterocycles. The smallest absolute Gasteiger partial charge is 0.0719 e. The third-order valence-electron chi connectivity index (χ3n) is 16.0. The molecule has 13 aromatic rings. The molecule has 68 heavy (non-hydrogen) atoms. The molecule has 0 saturated heterocycles. The average molecular weight is 865 g/mol. The average Bonchev–Trinajstić information content (AvgIpc) is 3.97. The minimum absolute atomic E-state index is 0.570. The summed E-state index contributed by atoms with van der Waals surface area (Å²) in [6.07, 6.45) is 0. The van der Waals surface area contributed by atoms with Gasteiger partial charge in [-0.1, -0.05) is 163 Å². The molecule has 3 aliphatic carbocycles. The fourth-order valence-electron chi connectivity index (χ4n) is 12.9. The monoisotopic (exact) mass is 864 g/mol. The van der Waals surface area contributed by atoms with Gasteiger partial charge in [-0.2, -0.15) is 0 Å². The Morgan fingerprint density at radius 3 is 1.51 bits per heavy atom. The third-order valence-corrected chi connectivity index (χ3v) is 16.0. The number of aryl methyl sites for hydroxylation is 3. The molecule has 0 saturated carbocycles. The summed E-state index contributed by atoms with van der Waals surface area (Å²) in [7, 11) is 4.37. The van der Waals surface area contributed by atoms with Crippen LogP contribution >= 0.6 is 0 Å². The summed E-state index contributed by atoms with van der Waals surface area (Å²) >= 11 is 0. The van der Waals surface area contributed by atoms with Gasteiger partial charge in [-0.3, -0.25) is 0 Å². The number of rotatable bonds is 3. The molecule has 0 fully saturated rings. The first kappa shape index (κ1) is 37.7. The maximum Gasteiger partial charge on any atom is 0.0719 e. The second-order valence-electron chi connectivity index (χ2n) is 19.4. The lowest BCUT2D eigenvalue weighted by Crippen LogP contribution is -2.29. The third kappa shape index (κ3) is 4.86. The Labute approximate surface area is 394 Å². The van der Waals surface area contributed by atoms with Gasteiger partial charge in [0, 0.05) is 57.7 Å². The van der Waals surface area contributed by atoms with Crippen LogP contribution in [0, 0.1) is 6.92 Å². The molecular formula is C66H44N2. The van der Waals surface area contributed by atoms with Crippen molar-refractivity contribution in [1.82, 2.24) is 9.13 Å². The lowest BCUT2D eigenvalue weighted by atomic mass is 9.65. The standard InChI is InChI=1S/C66H44N2/c1-39-22-28-44(29-23-39)66-45-30-24-40(25-31-45)43-36-53(42-27-33-63-57(35-42)49-14-6-9-21-61(49)68(63)3)55-38-54-46(41-26-32-62-56(34-41)48-13-5-8-20-60(48)67(62)2)15-10-16-50(54)64(58(55)37-43)52-18-11-17-51(65(52)66)47-12-4-7-19-59(47)66/h4-38H,1-3H3/t66-/m0/s1. The van der Waals surface area contributed by atoms with Crippen molar-refractivity contribution >= 4 is 65.2 Å². The Hall–Kier alpha value is -8.46. The molecule has 4 bridgehead atoms. The van der Waals surface area contributed by atoms with E-state index in [9.17, 15) is 0 Å². The fraction of sp³-hybridized carbons (Fsp3) is 0.0606. The largest absolute Gasteiger partial charge is 0.344 e. The molecule has 16 rings (SSSR count). The zero-order chi connectivity index (χ0) is 45.0. The van der Waals surface area contributed by atoms with E-state index in [0.717, 1.165) is 0 Å². The molecule has 3 aliphatic rings. The van der Waals surface area contributed by atoms with Crippen molar-refractivity contribution in [3.63, 3.8) is 0 Å². The Morgan fingerprint density at radius 1 is 0.309 bits per heavy atom. The normalized spacial score (nSPS) is 14.8. The van der Waals surface area contributed by atoms with Crippen LogP contribution in [-0.4, -0.2) is 9.13 Å². The van der Waals surface area contributed by atoms with Gasteiger partial charge in [0.15, 0.2) is 0 Å². The summed E-state index contributed by atoms with van der Waals surface area (Å²) in [5.41, 5.74) is 23.4. The zero-order valence-electron chi connectivity index (χ0n) is 38.1. The molecule has 0 unspecified atom stereocenters. The molecule has 2 heterocycles.